The molecular formula is C24H29Cl2N5O3. The largest absolute Gasteiger partial charge is 0.495 e. The summed E-state index contributed by atoms with van der Waals surface area (Å²) in [4.78, 5) is 11.7. The Bertz CT molecular complexity index is 1140. The van der Waals surface area contributed by atoms with E-state index in [0.29, 0.717) is 46.0 Å². The zero-order valence-corrected chi connectivity index (χ0v) is 21.3. The van der Waals surface area contributed by atoms with Gasteiger partial charge in [0.2, 0.25) is 0 Å². The van der Waals surface area contributed by atoms with Crippen LogP contribution in [0, 0.1) is 0 Å². The summed E-state index contributed by atoms with van der Waals surface area (Å²) in [5.74, 6) is 2.42. The van der Waals surface area contributed by atoms with Gasteiger partial charge in [0.15, 0.2) is 0 Å². The number of aromatic nitrogens is 2. The Morgan fingerprint density at radius 1 is 1.12 bits per heavy atom. The van der Waals surface area contributed by atoms with E-state index >= 15 is 0 Å². The highest BCUT2D eigenvalue weighted by atomic mass is 35.5. The molecule has 34 heavy (non-hydrogen) atoms. The molecule has 2 N–H and O–H groups in total. The van der Waals surface area contributed by atoms with Crippen molar-refractivity contribution in [3.63, 3.8) is 0 Å². The summed E-state index contributed by atoms with van der Waals surface area (Å²) >= 11 is 13.4. The first-order valence-electron chi connectivity index (χ1n) is 11.0. The van der Waals surface area contributed by atoms with Crippen LogP contribution in [-0.4, -0.2) is 75.5 Å². The van der Waals surface area contributed by atoms with Crippen LogP contribution >= 0.6 is 23.2 Å². The lowest BCUT2D eigenvalue weighted by Gasteiger charge is -2.18. The van der Waals surface area contributed by atoms with Gasteiger partial charge in [0.1, 0.15) is 23.1 Å². The van der Waals surface area contributed by atoms with Crippen molar-refractivity contribution in [1.29, 1.82) is 0 Å². The number of methoxy groups -OCH3 is 2. The summed E-state index contributed by atoms with van der Waals surface area (Å²) in [5.41, 5.74) is 1.14. The minimum Gasteiger partial charge on any atom is -0.495 e. The fraction of sp³-hybridized carbons (Fsp3) is 0.417. The number of likely N-dealkylation sites (N-methyl/N-ethyl adjacent to an activating group) is 1. The van der Waals surface area contributed by atoms with E-state index in [9.17, 15) is 0 Å². The number of fused-ring (bicyclic) bond motifs is 1. The van der Waals surface area contributed by atoms with Crippen LogP contribution in [0.25, 0.3) is 22.0 Å². The molecule has 3 aromatic rings. The van der Waals surface area contributed by atoms with Crippen molar-refractivity contribution in [2.24, 2.45) is 0 Å². The van der Waals surface area contributed by atoms with Crippen molar-refractivity contribution >= 4 is 45.6 Å². The lowest BCUT2D eigenvalue weighted by molar-refractivity contribution is 0.195. The Morgan fingerprint density at radius 3 is 2.47 bits per heavy atom. The summed E-state index contributed by atoms with van der Waals surface area (Å²) in [7, 11) is 7.16. The highest BCUT2D eigenvalue weighted by Crippen LogP contribution is 2.46. The monoisotopic (exact) mass is 505 g/mol. The summed E-state index contributed by atoms with van der Waals surface area (Å²) < 4.78 is 16.4. The number of nitrogens with zero attached hydrogens (tertiary/aromatic N) is 3. The molecule has 0 bridgehead atoms. The molecule has 0 spiro atoms. The summed E-state index contributed by atoms with van der Waals surface area (Å²) in [6, 6.07) is 5.85. The quantitative estimate of drug-likeness (QED) is 0.429. The Labute approximate surface area is 209 Å². The number of halogens is 2. The van der Waals surface area contributed by atoms with Crippen LogP contribution in [0.1, 0.15) is 6.42 Å². The van der Waals surface area contributed by atoms with Gasteiger partial charge in [-0.2, -0.15) is 0 Å². The lowest BCUT2D eigenvalue weighted by Crippen LogP contribution is -2.21. The molecule has 2 aromatic heterocycles. The highest BCUT2D eigenvalue weighted by Gasteiger charge is 2.22. The summed E-state index contributed by atoms with van der Waals surface area (Å²) in [5, 5.41) is 9.50. The van der Waals surface area contributed by atoms with Crippen LogP contribution in [0.4, 0.5) is 11.6 Å². The molecule has 3 heterocycles. The van der Waals surface area contributed by atoms with Gasteiger partial charge in [-0.05, 0) is 32.6 Å². The first kappa shape index (κ1) is 24.6. The van der Waals surface area contributed by atoms with Gasteiger partial charge in [0.05, 0.1) is 42.6 Å². The second kappa shape index (κ2) is 10.8. The molecule has 1 aliphatic rings. The van der Waals surface area contributed by atoms with Gasteiger partial charge in [-0.15, -0.1) is 0 Å². The zero-order chi connectivity index (χ0) is 24.2. The van der Waals surface area contributed by atoms with Crippen LogP contribution in [-0.2, 0) is 4.74 Å². The fourth-order valence-corrected chi connectivity index (χ4v) is 4.55. The number of ether oxygens (including phenoxy) is 3. The van der Waals surface area contributed by atoms with Crippen molar-refractivity contribution in [3.8, 4) is 22.8 Å². The number of nitrogens with one attached hydrogen (secondary N) is 2. The molecule has 8 nitrogen and oxygen atoms in total. The molecule has 1 unspecified atom stereocenters. The van der Waals surface area contributed by atoms with Gasteiger partial charge in [-0.3, -0.25) is 0 Å². The Balaban J connectivity index is 1.82. The number of benzene rings is 1. The van der Waals surface area contributed by atoms with Crippen LogP contribution in [0.15, 0.2) is 24.4 Å². The number of anilines is 2. The molecule has 1 atom stereocenters. The van der Waals surface area contributed by atoms with E-state index in [1.54, 1.807) is 20.3 Å². The molecular weight excluding hydrogens is 477 g/mol. The van der Waals surface area contributed by atoms with E-state index in [1.807, 2.05) is 32.4 Å². The van der Waals surface area contributed by atoms with Gasteiger partial charge in [0.25, 0.3) is 0 Å². The maximum atomic E-state index is 6.68. The third-order valence-electron chi connectivity index (χ3n) is 5.68. The van der Waals surface area contributed by atoms with Crippen molar-refractivity contribution in [2.75, 3.05) is 65.3 Å². The first-order valence-corrected chi connectivity index (χ1v) is 11.8. The van der Waals surface area contributed by atoms with Gasteiger partial charge in [-0.25, -0.2) is 9.97 Å². The van der Waals surface area contributed by atoms with E-state index in [2.05, 4.69) is 20.5 Å². The first-order chi connectivity index (χ1) is 16.4. The molecule has 182 valence electrons. The molecule has 10 heteroatoms. The summed E-state index contributed by atoms with van der Waals surface area (Å²) in [6.45, 7) is 3.00. The van der Waals surface area contributed by atoms with E-state index in [-0.39, 0.29) is 6.04 Å². The average Bonchev–Trinajstić information content (AvgIpc) is 3.32. The zero-order valence-electron chi connectivity index (χ0n) is 19.7. The van der Waals surface area contributed by atoms with E-state index in [0.717, 1.165) is 42.0 Å². The Hall–Kier alpha value is -2.52. The molecule has 1 saturated heterocycles. The molecule has 0 aliphatic carbocycles. The molecule has 0 radical (unpaired) electrons. The molecule has 4 rings (SSSR count). The molecule has 0 amide bonds. The number of hydrogen-bond acceptors (Lipinski definition) is 8. The van der Waals surface area contributed by atoms with Gasteiger partial charge < -0.3 is 29.7 Å². The second-order valence-electron chi connectivity index (χ2n) is 8.37. The standard InChI is InChI=1S/C24H29Cl2N5O3/c1-31(2)7-6-27-24-16-10-20(29-15-5-8-34-13-15)28-12-14(16)9-17(30-24)21-22(25)18(32-3)11-19(33-4)23(21)26/h9-12,15H,5-8,13H2,1-4H3,(H,27,30)(H,28,29). The van der Waals surface area contributed by atoms with Gasteiger partial charge in [-0.1, -0.05) is 23.2 Å². The van der Waals surface area contributed by atoms with E-state index in [4.69, 9.17) is 42.4 Å². The van der Waals surface area contributed by atoms with Crippen LogP contribution in [0.2, 0.25) is 10.0 Å². The average molecular weight is 506 g/mol. The SMILES string of the molecule is COc1cc(OC)c(Cl)c(-c2cc3cnc(NC4CCOC4)cc3c(NCCN(C)C)n2)c1Cl. The third-order valence-corrected chi connectivity index (χ3v) is 6.43. The summed E-state index contributed by atoms with van der Waals surface area (Å²) in [6.07, 6.45) is 2.79. The molecule has 1 aliphatic heterocycles. The van der Waals surface area contributed by atoms with Crippen molar-refractivity contribution in [3.05, 3.63) is 34.4 Å². The smallest absolute Gasteiger partial charge is 0.141 e. The molecule has 0 saturated carbocycles. The Morgan fingerprint density at radius 2 is 1.85 bits per heavy atom. The predicted molar refractivity (Wildman–Crippen MR) is 138 cm³/mol. The number of hydrogen-bond donors (Lipinski definition) is 2. The van der Waals surface area contributed by atoms with Gasteiger partial charge in [0, 0.05) is 48.3 Å². The topological polar surface area (TPSA) is 80.8 Å². The van der Waals surface area contributed by atoms with Crippen LogP contribution in [0.3, 0.4) is 0 Å². The highest BCUT2D eigenvalue weighted by molar-refractivity contribution is 6.41. The second-order valence-corrected chi connectivity index (χ2v) is 9.12. The minimum atomic E-state index is 0.254. The molecule has 1 aromatic carbocycles. The Kier molecular flexibility index (Phi) is 7.83. The van der Waals surface area contributed by atoms with Crippen molar-refractivity contribution in [2.45, 2.75) is 12.5 Å². The van der Waals surface area contributed by atoms with Crippen molar-refractivity contribution in [1.82, 2.24) is 14.9 Å². The number of pyridine rings is 2. The lowest BCUT2D eigenvalue weighted by atomic mass is 10.1. The predicted octanol–water partition coefficient (Wildman–Crippen LogP) is 4.80. The van der Waals surface area contributed by atoms with E-state index in [1.165, 1.54) is 0 Å². The van der Waals surface area contributed by atoms with Gasteiger partial charge >= 0.3 is 0 Å². The fourth-order valence-electron chi connectivity index (χ4n) is 3.85. The van der Waals surface area contributed by atoms with Crippen molar-refractivity contribution < 1.29 is 14.2 Å². The minimum absolute atomic E-state index is 0.254. The number of rotatable bonds is 9. The third kappa shape index (κ3) is 5.25. The van der Waals surface area contributed by atoms with Crippen LogP contribution < -0.4 is 20.1 Å². The molecule has 1 fully saturated rings. The maximum Gasteiger partial charge on any atom is 0.141 e. The normalized spacial score (nSPS) is 15.7. The van der Waals surface area contributed by atoms with E-state index < -0.39 is 0 Å². The van der Waals surface area contributed by atoms with Crippen LogP contribution in [0.5, 0.6) is 11.5 Å². The maximum absolute atomic E-state index is 6.68.